The van der Waals surface area contributed by atoms with Gasteiger partial charge in [-0.1, -0.05) is 12.2 Å². The zero-order chi connectivity index (χ0) is 12.3. The summed E-state index contributed by atoms with van der Waals surface area (Å²) in [5.41, 5.74) is 0.523. The molecule has 5 nitrogen and oxygen atoms in total. The van der Waals surface area contributed by atoms with Crippen LogP contribution in [-0.2, 0) is 14.8 Å². The molecule has 16 heavy (non-hydrogen) atoms. The molecule has 0 bridgehead atoms. The van der Waals surface area contributed by atoms with Crippen LogP contribution in [0.5, 0.6) is 0 Å². The van der Waals surface area contributed by atoms with Gasteiger partial charge in [-0.25, -0.2) is 8.42 Å². The van der Waals surface area contributed by atoms with E-state index in [1.54, 1.807) is 6.92 Å². The van der Waals surface area contributed by atoms with Crippen LogP contribution in [0.25, 0.3) is 0 Å². The molecule has 0 amide bonds. The third-order valence-corrected chi connectivity index (χ3v) is 4.53. The first-order chi connectivity index (χ1) is 7.34. The van der Waals surface area contributed by atoms with Gasteiger partial charge in [0, 0.05) is 6.54 Å². The Balaban J connectivity index is 2.90. The summed E-state index contributed by atoms with van der Waals surface area (Å²) in [5.74, 6) is -1.23. The number of carbonyl (C=O) groups is 1. The zero-order valence-electron chi connectivity index (χ0n) is 9.35. The summed E-state index contributed by atoms with van der Waals surface area (Å²) in [6.45, 7) is 5.47. The van der Waals surface area contributed by atoms with Crippen LogP contribution in [-0.4, -0.2) is 42.1 Å². The lowest BCUT2D eigenvalue weighted by Crippen LogP contribution is -2.48. The number of piperidine rings is 1. The normalized spacial score (nSPS) is 22.9. The van der Waals surface area contributed by atoms with E-state index < -0.39 is 22.0 Å². The third-order valence-electron chi connectivity index (χ3n) is 2.52. The Morgan fingerprint density at radius 3 is 2.62 bits per heavy atom. The van der Waals surface area contributed by atoms with E-state index in [1.165, 1.54) is 0 Å². The highest BCUT2D eigenvalue weighted by atomic mass is 32.2. The maximum Gasteiger partial charge on any atom is 0.322 e. The smallest absolute Gasteiger partial charge is 0.322 e. The number of aliphatic carboxylic acids is 1. The number of carboxylic acids is 1. The zero-order valence-corrected chi connectivity index (χ0v) is 10.2. The third kappa shape index (κ3) is 3.05. The van der Waals surface area contributed by atoms with E-state index in [-0.39, 0.29) is 5.75 Å². The molecule has 0 saturated carbocycles. The van der Waals surface area contributed by atoms with E-state index in [9.17, 15) is 13.2 Å². The summed E-state index contributed by atoms with van der Waals surface area (Å²) in [7, 11) is -3.52. The fourth-order valence-corrected chi connectivity index (χ4v) is 3.66. The Hall–Kier alpha value is -0.880. The van der Waals surface area contributed by atoms with E-state index in [1.807, 2.05) is 0 Å². The predicted molar refractivity (Wildman–Crippen MR) is 60.6 cm³/mol. The Morgan fingerprint density at radius 1 is 1.50 bits per heavy atom. The van der Waals surface area contributed by atoms with Gasteiger partial charge in [0.15, 0.2) is 0 Å². The molecule has 1 N–H and O–H groups in total. The molecular formula is C10H17NO4S. The van der Waals surface area contributed by atoms with Crippen LogP contribution in [0.15, 0.2) is 12.2 Å². The first-order valence-corrected chi connectivity index (χ1v) is 6.82. The fraction of sp³-hybridized carbons (Fsp3) is 0.700. The highest BCUT2D eigenvalue weighted by Gasteiger charge is 2.36. The van der Waals surface area contributed by atoms with Crippen molar-refractivity contribution in [2.75, 3.05) is 12.3 Å². The minimum Gasteiger partial charge on any atom is -0.480 e. The highest BCUT2D eigenvalue weighted by molar-refractivity contribution is 7.89. The van der Waals surface area contributed by atoms with E-state index >= 15 is 0 Å². The second-order valence-corrected chi connectivity index (χ2v) is 6.10. The van der Waals surface area contributed by atoms with Gasteiger partial charge in [0.1, 0.15) is 6.04 Å². The molecule has 0 aromatic carbocycles. The molecule has 1 rings (SSSR count). The number of nitrogens with zero attached hydrogens (tertiary/aromatic N) is 1. The summed E-state index contributed by atoms with van der Waals surface area (Å²) in [6, 6.07) is -0.905. The van der Waals surface area contributed by atoms with Crippen LogP contribution in [0.4, 0.5) is 0 Å². The van der Waals surface area contributed by atoms with Crippen molar-refractivity contribution in [2.45, 2.75) is 32.2 Å². The van der Waals surface area contributed by atoms with Crippen LogP contribution in [0, 0.1) is 0 Å². The summed E-state index contributed by atoms with van der Waals surface area (Å²) in [4.78, 5) is 11.0. The largest absolute Gasteiger partial charge is 0.480 e. The van der Waals surface area contributed by atoms with Gasteiger partial charge >= 0.3 is 5.97 Å². The maximum atomic E-state index is 11.9. The number of hydrogen-bond donors (Lipinski definition) is 1. The molecule has 1 unspecified atom stereocenters. The maximum absolute atomic E-state index is 11.9. The summed E-state index contributed by atoms with van der Waals surface area (Å²) < 4.78 is 24.9. The molecule has 1 atom stereocenters. The SMILES string of the molecule is C=C(C)CS(=O)(=O)N1CCCCC1C(=O)O. The monoisotopic (exact) mass is 247 g/mol. The van der Waals surface area contributed by atoms with Crippen molar-refractivity contribution < 1.29 is 18.3 Å². The Bertz CT molecular complexity index is 388. The summed E-state index contributed by atoms with van der Waals surface area (Å²) >= 11 is 0. The first-order valence-electron chi connectivity index (χ1n) is 5.21. The Labute approximate surface area is 95.8 Å². The van der Waals surface area contributed by atoms with Gasteiger partial charge in [-0.15, -0.1) is 0 Å². The number of hydrogen-bond acceptors (Lipinski definition) is 3. The van der Waals surface area contributed by atoms with Crippen LogP contribution >= 0.6 is 0 Å². The minimum absolute atomic E-state index is 0.170. The molecule has 1 aliphatic rings. The van der Waals surface area contributed by atoms with Gasteiger partial charge in [-0.05, 0) is 26.2 Å². The van der Waals surface area contributed by atoms with Crippen LogP contribution in [0.2, 0.25) is 0 Å². The highest BCUT2D eigenvalue weighted by Crippen LogP contribution is 2.21. The number of rotatable bonds is 4. The molecule has 6 heteroatoms. The van der Waals surface area contributed by atoms with E-state index in [0.717, 1.165) is 17.1 Å². The van der Waals surface area contributed by atoms with Crippen molar-refractivity contribution in [1.29, 1.82) is 0 Å². The molecule has 0 radical (unpaired) electrons. The standard InChI is InChI=1S/C10H17NO4S/c1-8(2)7-16(14,15)11-6-4-3-5-9(11)10(12)13/h9H,1,3-7H2,2H3,(H,12,13). The molecule has 1 aliphatic heterocycles. The lowest BCUT2D eigenvalue weighted by atomic mass is 10.1. The quantitative estimate of drug-likeness (QED) is 0.747. The molecule has 0 aliphatic carbocycles. The summed E-state index contributed by atoms with van der Waals surface area (Å²) in [5, 5.41) is 8.98. The van der Waals surface area contributed by atoms with Crippen LogP contribution < -0.4 is 0 Å². The number of carboxylic acid groups (broad SMARTS) is 1. The molecular weight excluding hydrogens is 230 g/mol. The minimum atomic E-state index is -3.52. The van der Waals surface area contributed by atoms with E-state index in [0.29, 0.717) is 18.5 Å². The average Bonchev–Trinajstić information content (AvgIpc) is 2.15. The Morgan fingerprint density at radius 2 is 2.12 bits per heavy atom. The average molecular weight is 247 g/mol. The van der Waals surface area contributed by atoms with Crippen molar-refractivity contribution in [2.24, 2.45) is 0 Å². The van der Waals surface area contributed by atoms with Crippen molar-refractivity contribution in [1.82, 2.24) is 4.31 Å². The lowest BCUT2D eigenvalue weighted by Gasteiger charge is -2.31. The Kier molecular flexibility index (Phi) is 4.09. The van der Waals surface area contributed by atoms with E-state index in [2.05, 4.69) is 6.58 Å². The fourth-order valence-electron chi connectivity index (χ4n) is 1.88. The second-order valence-electron chi connectivity index (χ2n) is 4.17. The van der Waals surface area contributed by atoms with Gasteiger partial charge in [0.25, 0.3) is 0 Å². The second kappa shape index (κ2) is 4.97. The van der Waals surface area contributed by atoms with Crippen molar-refractivity contribution >= 4 is 16.0 Å². The molecule has 1 heterocycles. The molecule has 1 fully saturated rings. The predicted octanol–water partition coefficient (Wildman–Crippen LogP) is 0.831. The van der Waals surface area contributed by atoms with Crippen molar-refractivity contribution in [3.8, 4) is 0 Å². The number of sulfonamides is 1. The van der Waals surface area contributed by atoms with Gasteiger partial charge in [-0.2, -0.15) is 4.31 Å². The molecule has 0 aromatic heterocycles. The van der Waals surface area contributed by atoms with Crippen LogP contribution in [0.3, 0.4) is 0 Å². The van der Waals surface area contributed by atoms with Gasteiger partial charge in [-0.3, -0.25) is 4.79 Å². The van der Waals surface area contributed by atoms with Crippen LogP contribution in [0.1, 0.15) is 26.2 Å². The van der Waals surface area contributed by atoms with Crippen molar-refractivity contribution in [3.63, 3.8) is 0 Å². The molecule has 1 saturated heterocycles. The first kappa shape index (κ1) is 13.2. The molecule has 0 aromatic rings. The van der Waals surface area contributed by atoms with E-state index in [4.69, 9.17) is 5.11 Å². The lowest BCUT2D eigenvalue weighted by molar-refractivity contribution is -0.142. The molecule has 0 spiro atoms. The topological polar surface area (TPSA) is 74.7 Å². The van der Waals surface area contributed by atoms with Gasteiger partial charge < -0.3 is 5.11 Å². The van der Waals surface area contributed by atoms with Gasteiger partial charge in [0.2, 0.25) is 10.0 Å². The van der Waals surface area contributed by atoms with Gasteiger partial charge in [0.05, 0.1) is 5.75 Å². The molecule has 92 valence electrons. The summed E-state index contributed by atoms with van der Waals surface area (Å²) in [6.07, 6.45) is 1.88. The van der Waals surface area contributed by atoms with Crippen molar-refractivity contribution in [3.05, 3.63) is 12.2 Å².